The van der Waals surface area contributed by atoms with Crippen LogP contribution in [0.1, 0.15) is 11.1 Å². The van der Waals surface area contributed by atoms with E-state index in [1.807, 2.05) is 0 Å². The maximum atomic E-state index is 12.2. The Labute approximate surface area is 92.9 Å². The van der Waals surface area contributed by atoms with Crippen molar-refractivity contribution in [1.29, 1.82) is 0 Å². The van der Waals surface area contributed by atoms with Crippen molar-refractivity contribution in [1.82, 2.24) is 0 Å². The molecule has 1 aromatic carbocycles. The zero-order valence-corrected chi connectivity index (χ0v) is 8.53. The van der Waals surface area contributed by atoms with Gasteiger partial charge in [0.1, 0.15) is 0 Å². The second kappa shape index (κ2) is 4.28. The SMILES string of the molecule is O/N=C(\Cl)c1ccc(C(F)(F)F)cc1Cl. The summed E-state index contributed by atoms with van der Waals surface area (Å²) in [6, 6.07) is 2.55. The van der Waals surface area contributed by atoms with Crippen LogP contribution in [0.2, 0.25) is 5.02 Å². The Kier molecular flexibility index (Phi) is 3.46. The molecule has 15 heavy (non-hydrogen) atoms. The summed E-state index contributed by atoms with van der Waals surface area (Å²) in [5, 5.41) is 10.3. The van der Waals surface area contributed by atoms with Gasteiger partial charge in [-0.25, -0.2) is 0 Å². The van der Waals surface area contributed by atoms with E-state index in [0.717, 1.165) is 12.1 Å². The normalized spacial score (nSPS) is 13.0. The zero-order valence-electron chi connectivity index (χ0n) is 7.02. The topological polar surface area (TPSA) is 32.6 Å². The van der Waals surface area contributed by atoms with Gasteiger partial charge in [-0.2, -0.15) is 13.2 Å². The Balaban J connectivity index is 3.21. The van der Waals surface area contributed by atoms with Crippen LogP contribution in [-0.2, 0) is 6.18 Å². The summed E-state index contributed by atoms with van der Waals surface area (Å²) < 4.78 is 36.6. The molecule has 0 heterocycles. The summed E-state index contributed by atoms with van der Waals surface area (Å²) in [5.74, 6) is 0. The van der Waals surface area contributed by atoms with E-state index in [1.54, 1.807) is 0 Å². The fourth-order valence-corrected chi connectivity index (χ4v) is 1.40. The van der Waals surface area contributed by atoms with Crippen molar-refractivity contribution < 1.29 is 18.4 Å². The van der Waals surface area contributed by atoms with Gasteiger partial charge >= 0.3 is 6.18 Å². The molecular formula is C8H4Cl2F3NO. The van der Waals surface area contributed by atoms with Gasteiger partial charge in [-0.3, -0.25) is 0 Å². The number of hydrogen-bond acceptors (Lipinski definition) is 2. The third-order valence-corrected chi connectivity index (χ3v) is 2.20. The molecule has 2 nitrogen and oxygen atoms in total. The van der Waals surface area contributed by atoms with Crippen molar-refractivity contribution in [3.63, 3.8) is 0 Å². The molecule has 1 rings (SSSR count). The van der Waals surface area contributed by atoms with Crippen LogP contribution in [0.5, 0.6) is 0 Å². The molecule has 0 saturated carbocycles. The molecule has 0 spiro atoms. The number of hydrogen-bond donors (Lipinski definition) is 1. The van der Waals surface area contributed by atoms with Gasteiger partial charge in [0.25, 0.3) is 0 Å². The Bertz CT molecular complexity index is 403. The van der Waals surface area contributed by atoms with Crippen molar-refractivity contribution in [3.8, 4) is 0 Å². The largest absolute Gasteiger partial charge is 0.416 e. The Morgan fingerprint density at radius 1 is 1.33 bits per heavy atom. The average Bonchev–Trinajstić information content (AvgIpc) is 2.15. The lowest BCUT2D eigenvalue weighted by Gasteiger charge is -2.08. The summed E-state index contributed by atoms with van der Waals surface area (Å²) in [6.07, 6.45) is -4.47. The molecule has 0 fully saturated rings. The molecule has 0 aromatic heterocycles. The number of nitrogens with zero attached hydrogens (tertiary/aromatic N) is 1. The van der Waals surface area contributed by atoms with Gasteiger partial charge in [0.2, 0.25) is 0 Å². The molecule has 0 bridgehead atoms. The van der Waals surface area contributed by atoms with Crippen LogP contribution in [-0.4, -0.2) is 10.4 Å². The Morgan fingerprint density at radius 2 is 1.93 bits per heavy atom. The predicted molar refractivity (Wildman–Crippen MR) is 50.6 cm³/mol. The average molecular weight is 258 g/mol. The minimum absolute atomic E-state index is 0.0360. The van der Waals surface area contributed by atoms with Crippen LogP contribution in [0.4, 0.5) is 13.2 Å². The van der Waals surface area contributed by atoms with E-state index >= 15 is 0 Å². The summed E-state index contributed by atoms with van der Waals surface area (Å²) in [4.78, 5) is 0. The Morgan fingerprint density at radius 3 is 2.33 bits per heavy atom. The second-order valence-corrected chi connectivity index (χ2v) is 3.35. The number of oxime groups is 1. The molecule has 0 radical (unpaired) electrons. The van der Waals surface area contributed by atoms with Gasteiger partial charge in [-0.05, 0) is 18.2 Å². The summed E-state index contributed by atoms with van der Waals surface area (Å²) in [7, 11) is 0. The summed E-state index contributed by atoms with van der Waals surface area (Å²) >= 11 is 10.9. The third kappa shape index (κ3) is 2.76. The lowest BCUT2D eigenvalue weighted by atomic mass is 10.1. The van der Waals surface area contributed by atoms with E-state index in [9.17, 15) is 13.2 Å². The first-order valence-corrected chi connectivity index (χ1v) is 4.36. The standard InChI is InChI=1S/C8H4Cl2F3NO/c9-6-3-4(8(11,12)13)1-2-5(6)7(10)14-15/h1-3,15H/b14-7-. The first kappa shape index (κ1) is 12.1. The first-order chi connectivity index (χ1) is 6.86. The van der Waals surface area contributed by atoms with Gasteiger partial charge in [-0.15, -0.1) is 0 Å². The van der Waals surface area contributed by atoms with Crippen LogP contribution in [0, 0.1) is 0 Å². The molecule has 0 aliphatic carbocycles. The summed E-state index contributed by atoms with van der Waals surface area (Å²) in [5.41, 5.74) is -0.854. The predicted octanol–water partition coefficient (Wildman–Crippen LogP) is 3.73. The van der Waals surface area contributed by atoms with E-state index in [4.69, 9.17) is 28.4 Å². The molecule has 0 aliphatic heterocycles. The lowest BCUT2D eigenvalue weighted by Crippen LogP contribution is -2.05. The smallest absolute Gasteiger partial charge is 0.410 e. The van der Waals surface area contributed by atoms with E-state index in [1.165, 1.54) is 0 Å². The van der Waals surface area contributed by atoms with Crippen molar-refractivity contribution >= 4 is 28.4 Å². The molecule has 1 aromatic rings. The first-order valence-electron chi connectivity index (χ1n) is 3.61. The third-order valence-electron chi connectivity index (χ3n) is 1.61. The summed E-state index contributed by atoms with van der Waals surface area (Å²) in [6.45, 7) is 0. The van der Waals surface area contributed by atoms with Crippen molar-refractivity contribution in [2.75, 3.05) is 0 Å². The number of rotatable bonds is 1. The van der Waals surface area contributed by atoms with Crippen LogP contribution in [0.25, 0.3) is 0 Å². The van der Waals surface area contributed by atoms with E-state index in [0.29, 0.717) is 6.07 Å². The highest BCUT2D eigenvalue weighted by molar-refractivity contribution is 6.70. The van der Waals surface area contributed by atoms with Crippen molar-refractivity contribution in [3.05, 3.63) is 34.3 Å². The molecule has 0 amide bonds. The van der Waals surface area contributed by atoms with Crippen LogP contribution in [0.15, 0.2) is 23.4 Å². The van der Waals surface area contributed by atoms with Gasteiger partial charge in [0.15, 0.2) is 5.17 Å². The maximum Gasteiger partial charge on any atom is 0.416 e. The van der Waals surface area contributed by atoms with E-state index < -0.39 is 11.7 Å². The lowest BCUT2D eigenvalue weighted by molar-refractivity contribution is -0.137. The van der Waals surface area contributed by atoms with E-state index in [2.05, 4.69) is 5.16 Å². The van der Waals surface area contributed by atoms with Gasteiger partial charge in [0.05, 0.1) is 10.6 Å². The number of halogens is 5. The zero-order chi connectivity index (χ0) is 11.6. The molecule has 0 saturated heterocycles. The molecule has 82 valence electrons. The molecule has 0 aliphatic rings. The van der Waals surface area contributed by atoms with Gasteiger partial charge in [-0.1, -0.05) is 28.4 Å². The fourth-order valence-electron chi connectivity index (χ4n) is 0.913. The van der Waals surface area contributed by atoms with E-state index in [-0.39, 0.29) is 15.8 Å². The highest BCUT2D eigenvalue weighted by Gasteiger charge is 2.31. The minimum Gasteiger partial charge on any atom is -0.410 e. The second-order valence-electron chi connectivity index (χ2n) is 2.58. The highest BCUT2D eigenvalue weighted by Crippen LogP contribution is 2.32. The minimum atomic E-state index is -4.47. The highest BCUT2D eigenvalue weighted by atomic mass is 35.5. The molecule has 0 atom stereocenters. The van der Waals surface area contributed by atoms with Crippen LogP contribution >= 0.6 is 23.2 Å². The molecule has 1 N–H and O–H groups in total. The monoisotopic (exact) mass is 257 g/mol. The van der Waals surface area contributed by atoms with Crippen molar-refractivity contribution in [2.24, 2.45) is 5.16 Å². The number of benzene rings is 1. The maximum absolute atomic E-state index is 12.2. The van der Waals surface area contributed by atoms with Crippen LogP contribution in [0.3, 0.4) is 0 Å². The number of alkyl halides is 3. The molecule has 7 heteroatoms. The fraction of sp³-hybridized carbons (Fsp3) is 0.125. The quantitative estimate of drug-likeness (QED) is 0.464. The Hall–Kier alpha value is -0.940. The van der Waals surface area contributed by atoms with Gasteiger partial charge < -0.3 is 5.21 Å². The van der Waals surface area contributed by atoms with Gasteiger partial charge in [0, 0.05) is 5.56 Å². The molecule has 0 unspecified atom stereocenters. The van der Waals surface area contributed by atoms with Crippen molar-refractivity contribution in [2.45, 2.75) is 6.18 Å². The molecular weight excluding hydrogens is 254 g/mol. The van der Waals surface area contributed by atoms with Crippen LogP contribution < -0.4 is 0 Å².